The van der Waals surface area contributed by atoms with Crippen LogP contribution in [0, 0.1) is 28.1 Å². The third kappa shape index (κ3) is 2.19. The Hall–Kier alpha value is -0.380. The summed E-state index contributed by atoms with van der Waals surface area (Å²) in [4.78, 5) is 0. The Morgan fingerprint density at radius 3 is 2.48 bits per heavy atom. The maximum Gasteiger partial charge on any atom is 0.0989 e. The molecular weight excluding hydrogens is 288 g/mol. The molecule has 0 aliphatic heterocycles. The Labute approximate surface area is 140 Å². The van der Waals surface area contributed by atoms with Crippen LogP contribution < -0.4 is 0 Å². The molecule has 3 nitrogen and oxygen atoms in total. The van der Waals surface area contributed by atoms with Crippen molar-refractivity contribution in [2.45, 2.75) is 77.4 Å². The molecule has 0 saturated heterocycles. The molecule has 2 unspecified atom stereocenters. The third-order valence-corrected chi connectivity index (χ3v) is 8.22. The van der Waals surface area contributed by atoms with Gasteiger partial charge in [0, 0.05) is 5.41 Å². The fourth-order valence-electron chi connectivity index (χ4n) is 6.36. The summed E-state index contributed by atoms with van der Waals surface area (Å²) < 4.78 is 0. The molecule has 0 aromatic carbocycles. The van der Waals surface area contributed by atoms with Crippen LogP contribution in [0.1, 0.15) is 65.7 Å². The fraction of sp³-hybridized carbons (Fsp3) is 0.900. The first kappa shape index (κ1) is 17.4. The van der Waals surface area contributed by atoms with E-state index in [-0.39, 0.29) is 28.8 Å². The van der Waals surface area contributed by atoms with Crippen LogP contribution in [-0.2, 0) is 0 Å². The van der Waals surface area contributed by atoms with E-state index in [0.29, 0.717) is 12.3 Å². The first-order valence-electron chi connectivity index (χ1n) is 9.30. The Kier molecular flexibility index (Phi) is 4.02. The largest absolute Gasteiger partial charge is 0.395 e. The summed E-state index contributed by atoms with van der Waals surface area (Å²) in [5.74, 6) is 0.490. The van der Waals surface area contributed by atoms with Gasteiger partial charge in [0.2, 0.25) is 0 Å². The second-order valence-corrected chi connectivity index (χ2v) is 9.54. The lowest BCUT2D eigenvalue weighted by Crippen LogP contribution is -2.70. The van der Waals surface area contributed by atoms with Crippen LogP contribution in [0.3, 0.4) is 0 Å². The van der Waals surface area contributed by atoms with Crippen molar-refractivity contribution in [1.29, 1.82) is 0 Å². The predicted octanol–water partition coefficient (Wildman–Crippen LogP) is 3.28. The van der Waals surface area contributed by atoms with Crippen molar-refractivity contribution in [3.63, 3.8) is 0 Å². The molecule has 132 valence electrons. The molecule has 0 aromatic heterocycles. The van der Waals surface area contributed by atoms with Gasteiger partial charge in [0.1, 0.15) is 0 Å². The summed E-state index contributed by atoms with van der Waals surface area (Å²) in [6, 6.07) is 0. The molecule has 3 fully saturated rings. The summed E-state index contributed by atoms with van der Waals surface area (Å²) in [7, 11) is 0. The zero-order valence-corrected chi connectivity index (χ0v) is 15.0. The number of aliphatic hydroxyl groups excluding tert-OH is 2. The summed E-state index contributed by atoms with van der Waals surface area (Å²) in [6.45, 7) is 10.7. The van der Waals surface area contributed by atoms with E-state index in [1.54, 1.807) is 0 Å². The number of rotatable bonds is 2. The van der Waals surface area contributed by atoms with Crippen LogP contribution in [0.5, 0.6) is 0 Å². The van der Waals surface area contributed by atoms with Crippen LogP contribution >= 0.6 is 0 Å². The Morgan fingerprint density at radius 2 is 1.87 bits per heavy atom. The highest BCUT2D eigenvalue weighted by atomic mass is 16.3. The molecular formula is C20H34O3. The smallest absolute Gasteiger partial charge is 0.0989 e. The Balaban J connectivity index is 1.99. The first-order chi connectivity index (χ1) is 10.7. The predicted molar refractivity (Wildman–Crippen MR) is 91.9 cm³/mol. The fourth-order valence-corrected chi connectivity index (χ4v) is 6.36. The van der Waals surface area contributed by atoms with Crippen molar-refractivity contribution >= 4 is 0 Å². The van der Waals surface area contributed by atoms with Crippen LogP contribution in [0.25, 0.3) is 0 Å². The average molecular weight is 322 g/mol. The van der Waals surface area contributed by atoms with E-state index in [0.717, 1.165) is 38.5 Å². The minimum atomic E-state index is -0.982. The van der Waals surface area contributed by atoms with Crippen molar-refractivity contribution in [3.05, 3.63) is 12.7 Å². The molecule has 3 heteroatoms. The number of aliphatic hydroxyl groups is 3. The van der Waals surface area contributed by atoms with Crippen LogP contribution in [0.15, 0.2) is 12.7 Å². The zero-order chi connectivity index (χ0) is 17.1. The molecule has 3 aliphatic carbocycles. The molecule has 0 aromatic rings. The van der Waals surface area contributed by atoms with Gasteiger partial charge in [-0.05, 0) is 61.2 Å². The van der Waals surface area contributed by atoms with Gasteiger partial charge < -0.3 is 15.3 Å². The molecule has 0 radical (unpaired) electrons. The van der Waals surface area contributed by atoms with Gasteiger partial charge in [-0.25, -0.2) is 0 Å². The number of hydrogen-bond donors (Lipinski definition) is 3. The SMILES string of the molecule is C=C[C@@]1(CO)CC[C@@]2(C)C(C[C@H](O)[C@]3(O)C2CCCC3(C)C)C1. The molecule has 0 heterocycles. The van der Waals surface area contributed by atoms with E-state index >= 15 is 0 Å². The standard InChI is InChI=1S/C20H34O3/c1-5-19(13-21)10-9-18(4)14(12-19)11-16(22)20(23)15(18)7-6-8-17(20,2)3/h5,14-16,21-23H,1,6-13H2,2-4H3/t14?,15?,16-,18-,19+,20+/m0/s1. The van der Waals surface area contributed by atoms with Crippen LogP contribution in [0.2, 0.25) is 0 Å². The molecule has 23 heavy (non-hydrogen) atoms. The topological polar surface area (TPSA) is 60.7 Å². The molecule has 3 saturated carbocycles. The van der Waals surface area contributed by atoms with E-state index in [2.05, 4.69) is 27.4 Å². The molecule has 6 atom stereocenters. The minimum Gasteiger partial charge on any atom is -0.395 e. The van der Waals surface area contributed by atoms with Crippen LogP contribution in [-0.4, -0.2) is 33.6 Å². The van der Waals surface area contributed by atoms with Gasteiger partial charge in [-0.15, -0.1) is 6.58 Å². The maximum atomic E-state index is 11.6. The quantitative estimate of drug-likeness (QED) is 0.684. The Morgan fingerprint density at radius 1 is 1.17 bits per heavy atom. The van der Waals surface area contributed by atoms with Crippen molar-refractivity contribution in [3.8, 4) is 0 Å². The molecule has 0 bridgehead atoms. The summed E-state index contributed by atoms with van der Waals surface area (Å²) in [5, 5.41) is 32.4. The van der Waals surface area contributed by atoms with Gasteiger partial charge in [0.05, 0.1) is 18.3 Å². The van der Waals surface area contributed by atoms with E-state index in [1.165, 1.54) is 0 Å². The molecule has 3 aliphatic rings. The molecule has 3 N–H and O–H groups in total. The number of hydrogen-bond acceptors (Lipinski definition) is 3. The van der Waals surface area contributed by atoms with Crippen LogP contribution in [0.4, 0.5) is 0 Å². The Bertz CT molecular complexity index is 487. The highest BCUT2D eigenvalue weighted by Crippen LogP contribution is 2.66. The van der Waals surface area contributed by atoms with E-state index in [1.807, 2.05) is 6.08 Å². The van der Waals surface area contributed by atoms with Crippen molar-refractivity contribution < 1.29 is 15.3 Å². The van der Waals surface area contributed by atoms with Gasteiger partial charge in [-0.3, -0.25) is 0 Å². The third-order valence-electron chi connectivity index (χ3n) is 8.22. The van der Waals surface area contributed by atoms with Crippen molar-refractivity contribution in [1.82, 2.24) is 0 Å². The van der Waals surface area contributed by atoms with Gasteiger partial charge in [0.15, 0.2) is 0 Å². The van der Waals surface area contributed by atoms with E-state index in [4.69, 9.17) is 0 Å². The minimum absolute atomic E-state index is 0.0490. The lowest BCUT2D eigenvalue weighted by Gasteiger charge is -2.66. The average Bonchev–Trinajstić information content (AvgIpc) is 2.51. The monoisotopic (exact) mass is 322 g/mol. The van der Waals surface area contributed by atoms with Gasteiger partial charge in [-0.2, -0.15) is 0 Å². The molecule has 0 amide bonds. The zero-order valence-electron chi connectivity index (χ0n) is 15.0. The highest BCUT2D eigenvalue weighted by Gasteiger charge is 2.66. The normalized spacial score (nSPS) is 52.3. The number of fused-ring (bicyclic) bond motifs is 3. The van der Waals surface area contributed by atoms with Gasteiger partial charge in [0.25, 0.3) is 0 Å². The van der Waals surface area contributed by atoms with Gasteiger partial charge in [-0.1, -0.05) is 33.3 Å². The lowest BCUT2D eigenvalue weighted by atomic mass is 9.41. The summed E-state index contributed by atoms with van der Waals surface area (Å²) >= 11 is 0. The highest BCUT2D eigenvalue weighted by molar-refractivity contribution is 5.17. The van der Waals surface area contributed by atoms with Crippen molar-refractivity contribution in [2.75, 3.05) is 6.61 Å². The summed E-state index contributed by atoms with van der Waals surface area (Å²) in [6.07, 6.45) is 7.82. The second-order valence-electron chi connectivity index (χ2n) is 9.54. The maximum absolute atomic E-state index is 11.6. The van der Waals surface area contributed by atoms with Gasteiger partial charge >= 0.3 is 0 Å². The van der Waals surface area contributed by atoms with E-state index < -0.39 is 11.7 Å². The first-order valence-corrected chi connectivity index (χ1v) is 9.30. The lowest BCUT2D eigenvalue weighted by molar-refractivity contribution is -0.273. The molecule has 0 spiro atoms. The van der Waals surface area contributed by atoms with E-state index in [9.17, 15) is 15.3 Å². The summed E-state index contributed by atoms with van der Waals surface area (Å²) in [5.41, 5.74) is -1.38. The second kappa shape index (κ2) is 5.31. The molecule has 3 rings (SSSR count). The van der Waals surface area contributed by atoms with Crippen molar-refractivity contribution in [2.24, 2.45) is 28.1 Å².